The smallest absolute Gasteiger partial charge is 0.291 e. The van der Waals surface area contributed by atoms with Gasteiger partial charge >= 0.3 is 0 Å². The van der Waals surface area contributed by atoms with Crippen molar-refractivity contribution in [2.45, 2.75) is 13.8 Å². The molecular weight excluding hydrogens is 422 g/mol. The number of furan rings is 1. The number of carbonyl (C=O) groups is 2. The van der Waals surface area contributed by atoms with Gasteiger partial charge in [-0.15, -0.1) is 0 Å². The molecule has 0 aliphatic carbocycles. The highest BCUT2D eigenvalue weighted by Crippen LogP contribution is 2.23. The van der Waals surface area contributed by atoms with Gasteiger partial charge in [0.05, 0.1) is 0 Å². The van der Waals surface area contributed by atoms with Crippen LogP contribution in [0, 0.1) is 13.8 Å². The van der Waals surface area contributed by atoms with Crippen molar-refractivity contribution in [3.8, 4) is 0 Å². The lowest BCUT2D eigenvalue weighted by Crippen LogP contribution is -2.34. The van der Waals surface area contributed by atoms with Gasteiger partial charge in [0, 0.05) is 22.3 Å². The van der Waals surface area contributed by atoms with Crippen molar-refractivity contribution in [3.05, 3.63) is 95.2 Å². The highest BCUT2D eigenvalue weighted by Gasteiger charge is 2.14. The Hall–Kier alpha value is -3.97. The summed E-state index contributed by atoms with van der Waals surface area (Å²) in [5.74, 6) is -0.364. The summed E-state index contributed by atoms with van der Waals surface area (Å²) in [7, 11) is 0. The maximum absolute atomic E-state index is 12.6. The highest BCUT2D eigenvalue weighted by atomic mass is 32.1. The van der Waals surface area contributed by atoms with Gasteiger partial charge in [0.25, 0.3) is 11.8 Å². The third kappa shape index (κ3) is 4.84. The fraction of sp³-hybridized carbons (Fsp3) is 0.0800. The zero-order valence-electron chi connectivity index (χ0n) is 17.6. The molecule has 4 rings (SSSR count). The van der Waals surface area contributed by atoms with E-state index in [9.17, 15) is 9.59 Å². The van der Waals surface area contributed by atoms with Gasteiger partial charge in [-0.1, -0.05) is 35.9 Å². The molecule has 0 aliphatic heterocycles. The summed E-state index contributed by atoms with van der Waals surface area (Å²) in [6, 6.07) is 21.8. The molecule has 0 saturated carbocycles. The molecule has 0 atom stereocenters. The molecule has 1 aromatic heterocycles. The first kappa shape index (κ1) is 21.3. The molecule has 1 heterocycles. The first-order valence-electron chi connectivity index (χ1n) is 9.98. The molecule has 3 N–H and O–H groups in total. The van der Waals surface area contributed by atoms with Gasteiger partial charge in [0.2, 0.25) is 0 Å². The summed E-state index contributed by atoms with van der Waals surface area (Å²) in [6.45, 7) is 3.79. The number of anilines is 2. The number of para-hydroxylation sites is 1. The predicted octanol–water partition coefficient (Wildman–Crippen LogP) is 5.43. The first-order chi connectivity index (χ1) is 15.4. The Kier molecular flexibility index (Phi) is 6.00. The molecule has 6 nitrogen and oxygen atoms in total. The number of hydrogen-bond donors (Lipinski definition) is 3. The van der Waals surface area contributed by atoms with E-state index in [0.29, 0.717) is 22.5 Å². The van der Waals surface area contributed by atoms with Crippen LogP contribution in [-0.2, 0) is 0 Å². The topological polar surface area (TPSA) is 83.4 Å². The van der Waals surface area contributed by atoms with E-state index in [-0.39, 0.29) is 22.7 Å². The lowest BCUT2D eigenvalue weighted by Gasteiger charge is -2.13. The summed E-state index contributed by atoms with van der Waals surface area (Å²) >= 11 is 5.26. The Bertz CT molecular complexity index is 1310. The lowest BCUT2D eigenvalue weighted by molar-refractivity contribution is 0.0975. The second kappa shape index (κ2) is 9.03. The fourth-order valence-electron chi connectivity index (χ4n) is 3.28. The molecule has 0 radical (unpaired) electrons. The predicted molar refractivity (Wildman–Crippen MR) is 130 cm³/mol. The summed E-state index contributed by atoms with van der Waals surface area (Å²) < 4.78 is 5.62. The normalized spacial score (nSPS) is 10.6. The molecule has 3 aromatic carbocycles. The van der Waals surface area contributed by atoms with Crippen molar-refractivity contribution in [1.29, 1.82) is 0 Å². The van der Waals surface area contributed by atoms with E-state index in [4.69, 9.17) is 16.6 Å². The monoisotopic (exact) mass is 443 g/mol. The lowest BCUT2D eigenvalue weighted by atomic mass is 10.1. The van der Waals surface area contributed by atoms with Crippen LogP contribution >= 0.6 is 12.2 Å². The standard InChI is InChI=1S/C25H21N3O3S/c1-15-6-5-8-18(12-15)23(29)28-25(32)26-19-10-11-20(16(2)13-19)27-24(30)22-14-17-7-3-4-9-21(17)31-22/h3-14H,1-2H3,(H,27,30)(H2,26,28,29,32). The Labute approximate surface area is 190 Å². The largest absolute Gasteiger partial charge is 0.451 e. The molecule has 4 aromatic rings. The molecular formula is C25H21N3O3S. The third-order valence-electron chi connectivity index (χ3n) is 4.89. The fourth-order valence-corrected chi connectivity index (χ4v) is 3.49. The number of aryl methyl sites for hydroxylation is 2. The molecule has 2 amide bonds. The zero-order chi connectivity index (χ0) is 22.7. The second-order valence-corrected chi connectivity index (χ2v) is 7.82. The van der Waals surface area contributed by atoms with E-state index < -0.39 is 0 Å². The summed E-state index contributed by atoms with van der Waals surface area (Å²) in [5, 5.41) is 9.59. The Morgan fingerprint density at radius 2 is 1.66 bits per heavy atom. The molecule has 0 bridgehead atoms. The molecule has 0 saturated heterocycles. The Balaban J connectivity index is 1.39. The van der Waals surface area contributed by atoms with Gasteiger partial charge in [-0.3, -0.25) is 14.9 Å². The van der Waals surface area contributed by atoms with Gasteiger partial charge in [-0.05, 0) is 74.1 Å². The molecule has 7 heteroatoms. The van der Waals surface area contributed by atoms with Gasteiger partial charge in [-0.2, -0.15) is 0 Å². The molecule has 0 fully saturated rings. The number of fused-ring (bicyclic) bond motifs is 1. The van der Waals surface area contributed by atoms with Crippen LogP contribution in [0.4, 0.5) is 11.4 Å². The quantitative estimate of drug-likeness (QED) is 0.367. The zero-order valence-corrected chi connectivity index (χ0v) is 18.4. The Morgan fingerprint density at radius 3 is 2.41 bits per heavy atom. The number of benzene rings is 3. The number of rotatable bonds is 4. The van der Waals surface area contributed by atoms with E-state index in [1.54, 1.807) is 30.3 Å². The SMILES string of the molecule is Cc1cccc(C(=O)NC(=S)Nc2ccc(NC(=O)c3cc4ccccc4o3)c(C)c2)c1. The molecule has 0 spiro atoms. The minimum atomic E-state index is -0.328. The van der Waals surface area contributed by atoms with Gasteiger partial charge in [0.15, 0.2) is 10.9 Å². The van der Waals surface area contributed by atoms with Crippen molar-refractivity contribution in [1.82, 2.24) is 5.32 Å². The second-order valence-electron chi connectivity index (χ2n) is 7.41. The summed E-state index contributed by atoms with van der Waals surface area (Å²) in [4.78, 5) is 24.9. The number of carbonyl (C=O) groups excluding carboxylic acids is 2. The maximum Gasteiger partial charge on any atom is 0.291 e. The number of hydrogen-bond acceptors (Lipinski definition) is 4. The van der Waals surface area contributed by atoms with Crippen LogP contribution in [0.5, 0.6) is 0 Å². The van der Waals surface area contributed by atoms with Crippen LogP contribution in [0.15, 0.2) is 77.2 Å². The molecule has 0 aliphatic rings. The van der Waals surface area contributed by atoms with Crippen molar-refractivity contribution in [2.24, 2.45) is 0 Å². The van der Waals surface area contributed by atoms with Gasteiger partial charge in [0.1, 0.15) is 5.58 Å². The van der Waals surface area contributed by atoms with Crippen LogP contribution in [-0.4, -0.2) is 16.9 Å². The third-order valence-corrected chi connectivity index (χ3v) is 5.09. The van der Waals surface area contributed by atoms with E-state index in [2.05, 4.69) is 16.0 Å². The Morgan fingerprint density at radius 1 is 0.844 bits per heavy atom. The van der Waals surface area contributed by atoms with Crippen molar-refractivity contribution >= 4 is 51.5 Å². The molecule has 32 heavy (non-hydrogen) atoms. The van der Waals surface area contributed by atoms with E-state index >= 15 is 0 Å². The molecule has 0 unspecified atom stereocenters. The van der Waals surface area contributed by atoms with Gasteiger partial charge in [-0.25, -0.2) is 0 Å². The van der Waals surface area contributed by atoms with Crippen molar-refractivity contribution < 1.29 is 14.0 Å². The van der Waals surface area contributed by atoms with Crippen LogP contribution < -0.4 is 16.0 Å². The minimum Gasteiger partial charge on any atom is -0.451 e. The van der Waals surface area contributed by atoms with Crippen LogP contribution in [0.2, 0.25) is 0 Å². The minimum absolute atomic E-state index is 0.190. The van der Waals surface area contributed by atoms with E-state index in [1.807, 2.05) is 56.3 Å². The number of amides is 2. The average Bonchev–Trinajstić information content (AvgIpc) is 3.20. The first-order valence-corrected chi connectivity index (χ1v) is 10.4. The van der Waals surface area contributed by atoms with Crippen LogP contribution in [0.25, 0.3) is 11.0 Å². The van der Waals surface area contributed by atoms with E-state index in [1.165, 1.54) is 0 Å². The van der Waals surface area contributed by atoms with E-state index in [0.717, 1.165) is 16.5 Å². The molecule has 160 valence electrons. The average molecular weight is 444 g/mol. The van der Waals surface area contributed by atoms with Gasteiger partial charge < -0.3 is 15.1 Å². The van der Waals surface area contributed by atoms with Crippen LogP contribution in [0.1, 0.15) is 32.0 Å². The summed E-state index contributed by atoms with van der Waals surface area (Å²) in [5.41, 5.74) is 4.36. The maximum atomic E-state index is 12.6. The summed E-state index contributed by atoms with van der Waals surface area (Å²) in [6.07, 6.45) is 0. The van der Waals surface area contributed by atoms with Crippen LogP contribution in [0.3, 0.4) is 0 Å². The highest BCUT2D eigenvalue weighted by molar-refractivity contribution is 7.80. The number of nitrogens with one attached hydrogen (secondary N) is 3. The van der Waals surface area contributed by atoms with Crippen molar-refractivity contribution in [3.63, 3.8) is 0 Å². The number of thiocarbonyl (C=S) groups is 1. The van der Waals surface area contributed by atoms with Crippen molar-refractivity contribution in [2.75, 3.05) is 10.6 Å².